The van der Waals surface area contributed by atoms with Crippen LogP contribution in [-0.2, 0) is 6.42 Å². The highest BCUT2D eigenvalue weighted by molar-refractivity contribution is 5.36. The number of hydrazine groups is 1. The van der Waals surface area contributed by atoms with Crippen LogP contribution in [0.2, 0.25) is 0 Å². The molecule has 2 aromatic carbocycles. The van der Waals surface area contributed by atoms with Gasteiger partial charge in [-0.25, -0.2) is 4.39 Å². The van der Waals surface area contributed by atoms with Crippen molar-refractivity contribution in [1.82, 2.24) is 5.43 Å². The van der Waals surface area contributed by atoms with Gasteiger partial charge in [-0.1, -0.05) is 35.4 Å². The van der Waals surface area contributed by atoms with E-state index in [1.165, 1.54) is 11.1 Å². The van der Waals surface area contributed by atoms with Crippen LogP contribution in [0.25, 0.3) is 0 Å². The number of nitrogens with one attached hydrogen (secondary N) is 1. The standard InChI is InChI=1S/C18H23FN2/c1-11-5-12(2)8-15(7-11)10-17(21-20)18-14(4)6-13(3)9-16(18)19/h5-9,17,21H,10,20H2,1-4H3. The average Bonchev–Trinajstić information content (AvgIpc) is 2.35. The second-order valence-corrected chi connectivity index (χ2v) is 5.90. The van der Waals surface area contributed by atoms with E-state index in [-0.39, 0.29) is 11.9 Å². The minimum absolute atomic E-state index is 0.195. The summed E-state index contributed by atoms with van der Waals surface area (Å²) in [4.78, 5) is 0. The Labute approximate surface area is 126 Å². The van der Waals surface area contributed by atoms with Crippen LogP contribution in [0, 0.1) is 33.5 Å². The largest absolute Gasteiger partial charge is 0.271 e. The minimum Gasteiger partial charge on any atom is -0.271 e. The van der Waals surface area contributed by atoms with Gasteiger partial charge in [0.2, 0.25) is 0 Å². The molecule has 0 amide bonds. The second kappa shape index (κ2) is 6.37. The maximum Gasteiger partial charge on any atom is 0.128 e. The van der Waals surface area contributed by atoms with Crippen molar-refractivity contribution in [1.29, 1.82) is 0 Å². The van der Waals surface area contributed by atoms with Crippen LogP contribution in [0.3, 0.4) is 0 Å². The third-order valence-electron chi connectivity index (χ3n) is 3.75. The van der Waals surface area contributed by atoms with Gasteiger partial charge >= 0.3 is 0 Å². The van der Waals surface area contributed by atoms with Crippen LogP contribution >= 0.6 is 0 Å². The molecule has 3 N–H and O–H groups in total. The predicted molar refractivity (Wildman–Crippen MR) is 85.6 cm³/mol. The summed E-state index contributed by atoms with van der Waals surface area (Å²) >= 11 is 0. The fourth-order valence-electron chi connectivity index (χ4n) is 3.04. The first-order valence-corrected chi connectivity index (χ1v) is 7.20. The molecule has 0 radical (unpaired) electrons. The third kappa shape index (κ3) is 3.69. The molecule has 2 rings (SSSR count). The van der Waals surface area contributed by atoms with E-state index < -0.39 is 0 Å². The second-order valence-electron chi connectivity index (χ2n) is 5.90. The summed E-state index contributed by atoms with van der Waals surface area (Å²) in [5, 5.41) is 0. The molecule has 112 valence electrons. The molecule has 21 heavy (non-hydrogen) atoms. The first-order valence-electron chi connectivity index (χ1n) is 7.20. The van der Waals surface area contributed by atoms with Crippen LogP contribution < -0.4 is 11.3 Å². The van der Waals surface area contributed by atoms with E-state index in [0.717, 1.165) is 16.7 Å². The summed E-state index contributed by atoms with van der Waals surface area (Å²) in [6, 6.07) is 9.70. The molecule has 2 nitrogen and oxygen atoms in total. The van der Waals surface area contributed by atoms with Crippen molar-refractivity contribution in [3.8, 4) is 0 Å². The lowest BCUT2D eigenvalue weighted by molar-refractivity contribution is 0.507. The zero-order valence-electron chi connectivity index (χ0n) is 13.1. The quantitative estimate of drug-likeness (QED) is 0.662. The van der Waals surface area contributed by atoms with Gasteiger partial charge in [-0.2, -0.15) is 0 Å². The minimum atomic E-state index is -0.230. The van der Waals surface area contributed by atoms with Crippen molar-refractivity contribution < 1.29 is 4.39 Å². The molecule has 0 spiro atoms. The molecule has 0 saturated heterocycles. The van der Waals surface area contributed by atoms with Crippen LogP contribution in [-0.4, -0.2) is 0 Å². The topological polar surface area (TPSA) is 38.0 Å². The van der Waals surface area contributed by atoms with E-state index >= 15 is 0 Å². The third-order valence-corrected chi connectivity index (χ3v) is 3.75. The molecule has 0 saturated carbocycles. The van der Waals surface area contributed by atoms with Gasteiger partial charge in [-0.05, 0) is 56.9 Å². The van der Waals surface area contributed by atoms with E-state index in [1.54, 1.807) is 6.07 Å². The fraction of sp³-hybridized carbons (Fsp3) is 0.333. The number of aryl methyl sites for hydroxylation is 4. The normalized spacial score (nSPS) is 12.5. The Morgan fingerprint density at radius 1 is 0.952 bits per heavy atom. The fourth-order valence-corrected chi connectivity index (χ4v) is 3.04. The Balaban J connectivity index is 2.36. The number of benzene rings is 2. The summed E-state index contributed by atoms with van der Waals surface area (Å²) in [5.41, 5.74) is 8.86. The SMILES string of the molecule is Cc1cc(C)cc(CC(NN)c2c(C)cc(C)cc2F)c1. The maximum absolute atomic E-state index is 14.3. The van der Waals surface area contributed by atoms with Crippen molar-refractivity contribution >= 4 is 0 Å². The van der Waals surface area contributed by atoms with Gasteiger partial charge in [-0.3, -0.25) is 11.3 Å². The van der Waals surface area contributed by atoms with Gasteiger partial charge < -0.3 is 0 Å². The van der Waals surface area contributed by atoms with Gasteiger partial charge in [-0.15, -0.1) is 0 Å². The van der Waals surface area contributed by atoms with Crippen molar-refractivity contribution in [2.45, 2.75) is 40.2 Å². The summed E-state index contributed by atoms with van der Waals surface area (Å²) in [7, 11) is 0. The number of nitrogens with two attached hydrogens (primary N) is 1. The monoisotopic (exact) mass is 286 g/mol. The average molecular weight is 286 g/mol. The first-order chi connectivity index (χ1) is 9.90. The highest BCUT2D eigenvalue weighted by atomic mass is 19.1. The lowest BCUT2D eigenvalue weighted by atomic mass is 9.93. The van der Waals surface area contributed by atoms with Crippen LogP contribution in [0.4, 0.5) is 4.39 Å². The van der Waals surface area contributed by atoms with Gasteiger partial charge in [0, 0.05) is 5.56 Å². The van der Waals surface area contributed by atoms with Crippen LogP contribution in [0.5, 0.6) is 0 Å². The summed E-state index contributed by atoms with van der Waals surface area (Å²) < 4.78 is 14.3. The molecular formula is C18H23FN2. The van der Waals surface area contributed by atoms with E-state index in [4.69, 9.17) is 5.84 Å². The molecule has 0 aliphatic carbocycles. The molecule has 0 aliphatic rings. The predicted octanol–water partition coefficient (Wildman–Crippen LogP) is 3.81. The molecule has 0 aliphatic heterocycles. The zero-order chi connectivity index (χ0) is 15.6. The number of halogens is 1. The van der Waals surface area contributed by atoms with E-state index in [2.05, 4.69) is 37.5 Å². The van der Waals surface area contributed by atoms with Crippen LogP contribution in [0.1, 0.15) is 39.4 Å². The van der Waals surface area contributed by atoms with E-state index in [9.17, 15) is 4.39 Å². The van der Waals surface area contributed by atoms with Gasteiger partial charge in [0.05, 0.1) is 6.04 Å². The summed E-state index contributed by atoms with van der Waals surface area (Å²) in [5.74, 6) is 5.49. The number of rotatable bonds is 4. The molecular weight excluding hydrogens is 263 g/mol. The highest BCUT2D eigenvalue weighted by Crippen LogP contribution is 2.26. The summed E-state index contributed by atoms with van der Waals surface area (Å²) in [6.07, 6.45) is 0.667. The van der Waals surface area contributed by atoms with Crippen molar-refractivity contribution in [3.05, 3.63) is 69.5 Å². The Morgan fingerprint density at radius 3 is 2.05 bits per heavy atom. The molecule has 1 unspecified atom stereocenters. The summed E-state index contributed by atoms with van der Waals surface area (Å²) in [6.45, 7) is 7.96. The Kier molecular flexibility index (Phi) is 4.76. The Bertz CT molecular complexity index is 606. The highest BCUT2D eigenvalue weighted by Gasteiger charge is 2.18. The molecule has 0 aromatic heterocycles. The first kappa shape index (κ1) is 15.7. The lowest BCUT2D eigenvalue weighted by Gasteiger charge is -2.20. The van der Waals surface area contributed by atoms with Gasteiger partial charge in [0.15, 0.2) is 0 Å². The van der Waals surface area contributed by atoms with Gasteiger partial charge in [0.1, 0.15) is 5.82 Å². The maximum atomic E-state index is 14.3. The molecule has 1 atom stereocenters. The van der Waals surface area contributed by atoms with Crippen molar-refractivity contribution in [2.75, 3.05) is 0 Å². The number of hydrogen-bond acceptors (Lipinski definition) is 2. The lowest BCUT2D eigenvalue weighted by Crippen LogP contribution is -2.31. The van der Waals surface area contributed by atoms with Crippen LogP contribution in [0.15, 0.2) is 30.3 Å². The van der Waals surface area contributed by atoms with Crippen molar-refractivity contribution in [3.63, 3.8) is 0 Å². The van der Waals surface area contributed by atoms with E-state index in [0.29, 0.717) is 12.0 Å². The molecule has 0 bridgehead atoms. The smallest absolute Gasteiger partial charge is 0.128 e. The Morgan fingerprint density at radius 2 is 1.52 bits per heavy atom. The molecule has 0 fully saturated rings. The van der Waals surface area contributed by atoms with Gasteiger partial charge in [0.25, 0.3) is 0 Å². The zero-order valence-corrected chi connectivity index (χ0v) is 13.1. The molecule has 2 aromatic rings. The Hall–Kier alpha value is -1.71. The van der Waals surface area contributed by atoms with E-state index in [1.807, 2.05) is 19.9 Å². The molecule has 3 heteroatoms. The number of hydrogen-bond donors (Lipinski definition) is 2. The van der Waals surface area contributed by atoms with Crippen molar-refractivity contribution in [2.24, 2.45) is 5.84 Å². The molecule has 0 heterocycles.